The van der Waals surface area contributed by atoms with Gasteiger partial charge in [-0.15, -0.1) is 0 Å². The topological polar surface area (TPSA) is 37.3 Å². The van der Waals surface area contributed by atoms with Crippen molar-refractivity contribution in [2.24, 2.45) is 34.5 Å². The predicted molar refractivity (Wildman–Crippen MR) is 92.1 cm³/mol. The average Bonchev–Trinajstić information content (AvgIpc) is 2.89. The molecule has 0 amide bonds. The zero-order chi connectivity index (χ0) is 16.2. The van der Waals surface area contributed by atoms with E-state index in [4.69, 9.17) is 5.11 Å². The summed E-state index contributed by atoms with van der Waals surface area (Å²) in [4.78, 5) is 11.1. The Morgan fingerprint density at radius 1 is 1.13 bits per heavy atom. The molecule has 4 aliphatic carbocycles. The molecule has 1 N–H and O–H groups in total. The van der Waals surface area contributed by atoms with Crippen LogP contribution in [0.15, 0.2) is 11.6 Å². The molecule has 0 aromatic carbocycles. The molecule has 0 saturated heterocycles. The minimum Gasteiger partial charge on any atom is -0.481 e. The number of carboxylic acids is 1. The predicted octanol–water partition coefficient (Wildman–Crippen LogP) is 5.43. The Morgan fingerprint density at radius 2 is 1.96 bits per heavy atom. The maximum atomic E-state index is 11.1. The van der Waals surface area contributed by atoms with E-state index in [2.05, 4.69) is 19.9 Å². The minimum absolute atomic E-state index is 0.265. The van der Waals surface area contributed by atoms with Crippen molar-refractivity contribution in [3.63, 3.8) is 0 Å². The van der Waals surface area contributed by atoms with Gasteiger partial charge in [-0.05, 0) is 85.9 Å². The van der Waals surface area contributed by atoms with Gasteiger partial charge >= 0.3 is 5.97 Å². The van der Waals surface area contributed by atoms with Crippen LogP contribution >= 0.6 is 0 Å². The third kappa shape index (κ3) is 2.39. The van der Waals surface area contributed by atoms with Gasteiger partial charge < -0.3 is 5.11 Å². The smallest absolute Gasteiger partial charge is 0.307 e. The van der Waals surface area contributed by atoms with Gasteiger partial charge in [-0.2, -0.15) is 0 Å². The highest BCUT2D eigenvalue weighted by atomic mass is 16.4. The standard InChI is InChI=1S/C21H32O2/c1-20-9-3-4-17(20)16-6-5-15-12-14(13-19(22)23)7-11-21(15,2)18(16)8-10-20/h12,15-18H,3-11,13H2,1-2H3,(H,22,23)/t15-,16-,17-,18-,20-,21-/m0/s1. The van der Waals surface area contributed by atoms with Crippen molar-refractivity contribution < 1.29 is 9.90 Å². The van der Waals surface area contributed by atoms with Crippen LogP contribution in [-0.2, 0) is 4.79 Å². The van der Waals surface area contributed by atoms with Gasteiger partial charge in [0.2, 0.25) is 0 Å². The van der Waals surface area contributed by atoms with E-state index in [1.54, 1.807) is 0 Å². The van der Waals surface area contributed by atoms with Crippen molar-refractivity contribution in [1.82, 2.24) is 0 Å². The lowest BCUT2D eigenvalue weighted by Gasteiger charge is -2.59. The van der Waals surface area contributed by atoms with Crippen LogP contribution < -0.4 is 0 Å². The van der Waals surface area contributed by atoms with E-state index in [1.807, 2.05) is 0 Å². The number of carboxylic acid groups (broad SMARTS) is 1. The number of carbonyl (C=O) groups is 1. The number of fused-ring (bicyclic) bond motifs is 5. The summed E-state index contributed by atoms with van der Waals surface area (Å²) in [6.45, 7) is 5.11. The Balaban J connectivity index is 1.59. The molecule has 2 nitrogen and oxygen atoms in total. The Bertz CT molecular complexity index is 536. The van der Waals surface area contributed by atoms with Crippen LogP contribution in [0.2, 0.25) is 0 Å². The quantitative estimate of drug-likeness (QED) is 0.690. The lowest BCUT2D eigenvalue weighted by molar-refractivity contribution is -0.136. The first-order valence-corrected chi connectivity index (χ1v) is 9.84. The molecule has 0 heterocycles. The fourth-order valence-corrected chi connectivity index (χ4v) is 7.26. The summed E-state index contributed by atoms with van der Waals surface area (Å²) >= 11 is 0. The SMILES string of the molecule is C[C@@]12CCC[C@H]1[C@@H]1CC[C@H]3C=C(CC(=O)O)CC[C@]3(C)[C@H]1CC2. The Kier molecular flexibility index (Phi) is 3.66. The summed E-state index contributed by atoms with van der Waals surface area (Å²) in [5, 5.41) is 9.10. The van der Waals surface area contributed by atoms with Crippen molar-refractivity contribution >= 4 is 5.97 Å². The highest BCUT2D eigenvalue weighted by molar-refractivity contribution is 5.70. The monoisotopic (exact) mass is 316 g/mol. The van der Waals surface area contributed by atoms with Crippen molar-refractivity contribution in [3.8, 4) is 0 Å². The van der Waals surface area contributed by atoms with E-state index >= 15 is 0 Å². The molecular formula is C21H32O2. The Morgan fingerprint density at radius 3 is 2.74 bits per heavy atom. The first kappa shape index (κ1) is 15.7. The van der Waals surface area contributed by atoms with Crippen LogP contribution in [0.4, 0.5) is 0 Å². The van der Waals surface area contributed by atoms with Crippen LogP contribution in [-0.4, -0.2) is 11.1 Å². The molecule has 0 aromatic heterocycles. The molecule has 4 rings (SSSR count). The van der Waals surface area contributed by atoms with Gasteiger partial charge in [0.05, 0.1) is 6.42 Å². The van der Waals surface area contributed by atoms with E-state index in [0.717, 1.165) is 24.2 Å². The van der Waals surface area contributed by atoms with Gasteiger partial charge in [0.25, 0.3) is 0 Å². The van der Waals surface area contributed by atoms with E-state index in [-0.39, 0.29) is 6.42 Å². The molecule has 3 fully saturated rings. The second-order valence-corrected chi connectivity index (χ2v) is 9.55. The fraction of sp³-hybridized carbons (Fsp3) is 0.857. The number of aliphatic carboxylic acids is 1. The van der Waals surface area contributed by atoms with Crippen LogP contribution in [0, 0.1) is 34.5 Å². The molecule has 128 valence electrons. The molecule has 4 aliphatic rings. The molecule has 0 unspecified atom stereocenters. The van der Waals surface area contributed by atoms with E-state index in [0.29, 0.717) is 16.7 Å². The lowest BCUT2D eigenvalue weighted by atomic mass is 9.46. The zero-order valence-corrected chi connectivity index (χ0v) is 14.8. The first-order chi connectivity index (χ1) is 10.9. The van der Waals surface area contributed by atoms with Crippen LogP contribution in [0.25, 0.3) is 0 Å². The number of hydrogen-bond donors (Lipinski definition) is 1. The normalized spacial score (nSPS) is 48.9. The summed E-state index contributed by atoms with van der Waals surface area (Å²) in [7, 11) is 0. The Labute approximate surface area is 140 Å². The second-order valence-electron chi connectivity index (χ2n) is 9.55. The summed E-state index contributed by atoms with van der Waals surface area (Å²) in [6, 6.07) is 0. The van der Waals surface area contributed by atoms with Gasteiger partial charge in [-0.3, -0.25) is 4.79 Å². The van der Waals surface area contributed by atoms with Gasteiger partial charge in [-0.1, -0.05) is 31.9 Å². The highest BCUT2D eigenvalue weighted by Gasteiger charge is 2.56. The molecule has 0 radical (unpaired) electrons. The summed E-state index contributed by atoms with van der Waals surface area (Å²) < 4.78 is 0. The molecular weight excluding hydrogens is 284 g/mol. The number of hydrogen-bond acceptors (Lipinski definition) is 1. The van der Waals surface area contributed by atoms with Crippen LogP contribution in [0.3, 0.4) is 0 Å². The number of allylic oxidation sites excluding steroid dienone is 1. The lowest BCUT2D eigenvalue weighted by Crippen LogP contribution is -2.51. The molecule has 3 saturated carbocycles. The van der Waals surface area contributed by atoms with E-state index in [9.17, 15) is 4.79 Å². The zero-order valence-electron chi connectivity index (χ0n) is 14.8. The largest absolute Gasteiger partial charge is 0.481 e. The summed E-state index contributed by atoms with van der Waals surface area (Å²) in [5.74, 6) is 2.79. The molecule has 0 spiro atoms. The van der Waals surface area contributed by atoms with Crippen molar-refractivity contribution in [1.29, 1.82) is 0 Å². The van der Waals surface area contributed by atoms with Crippen LogP contribution in [0.1, 0.15) is 78.1 Å². The van der Waals surface area contributed by atoms with Crippen molar-refractivity contribution in [2.75, 3.05) is 0 Å². The first-order valence-electron chi connectivity index (χ1n) is 9.84. The van der Waals surface area contributed by atoms with E-state index < -0.39 is 5.97 Å². The molecule has 0 aliphatic heterocycles. The average molecular weight is 316 g/mol. The highest BCUT2D eigenvalue weighted by Crippen LogP contribution is 2.65. The molecule has 2 heteroatoms. The van der Waals surface area contributed by atoms with Gasteiger partial charge in [0.15, 0.2) is 0 Å². The minimum atomic E-state index is -0.659. The van der Waals surface area contributed by atoms with Gasteiger partial charge in [0, 0.05) is 0 Å². The fourth-order valence-electron chi connectivity index (χ4n) is 7.26. The third-order valence-corrected chi connectivity index (χ3v) is 8.52. The molecule has 6 atom stereocenters. The molecule has 23 heavy (non-hydrogen) atoms. The maximum Gasteiger partial charge on any atom is 0.307 e. The third-order valence-electron chi connectivity index (χ3n) is 8.52. The van der Waals surface area contributed by atoms with Crippen LogP contribution in [0.5, 0.6) is 0 Å². The van der Waals surface area contributed by atoms with Gasteiger partial charge in [0.1, 0.15) is 0 Å². The molecule has 0 aromatic rings. The summed E-state index contributed by atoms with van der Waals surface area (Å²) in [5.41, 5.74) is 2.28. The van der Waals surface area contributed by atoms with Crippen molar-refractivity contribution in [2.45, 2.75) is 78.1 Å². The number of rotatable bonds is 2. The van der Waals surface area contributed by atoms with Crippen molar-refractivity contribution in [3.05, 3.63) is 11.6 Å². The Hall–Kier alpha value is -0.790. The second kappa shape index (κ2) is 5.36. The molecule has 0 bridgehead atoms. The maximum absolute atomic E-state index is 11.1. The van der Waals surface area contributed by atoms with Gasteiger partial charge in [-0.25, -0.2) is 0 Å². The van der Waals surface area contributed by atoms with E-state index in [1.165, 1.54) is 56.9 Å². The summed E-state index contributed by atoms with van der Waals surface area (Å²) in [6.07, 6.45) is 14.8.